The highest BCUT2D eigenvalue weighted by Gasteiger charge is 2.43. The van der Waals surface area contributed by atoms with Gasteiger partial charge in [0.2, 0.25) is 5.78 Å². The van der Waals surface area contributed by atoms with E-state index in [0.29, 0.717) is 17.8 Å². The molecule has 0 aliphatic carbocycles. The topological polar surface area (TPSA) is 118 Å². The van der Waals surface area contributed by atoms with Crippen LogP contribution in [0.4, 0.5) is 0 Å². The quantitative estimate of drug-likeness (QED) is 0.446. The highest BCUT2D eigenvalue weighted by molar-refractivity contribution is 6.35. The van der Waals surface area contributed by atoms with Crippen LogP contribution in [-0.2, 0) is 6.54 Å². The zero-order valence-corrected chi connectivity index (χ0v) is 10.1. The van der Waals surface area contributed by atoms with Crippen molar-refractivity contribution in [1.29, 1.82) is 0 Å². The van der Waals surface area contributed by atoms with Crippen molar-refractivity contribution in [2.75, 3.05) is 6.61 Å². The highest BCUT2D eigenvalue weighted by atomic mass is 16.3. The first-order valence-corrected chi connectivity index (χ1v) is 6.11. The Hall–Kier alpha value is -1.54. The first-order chi connectivity index (χ1) is 9.13. The largest absolute Gasteiger partial charge is 0.395 e. The molecule has 5 N–H and O–H groups in total. The predicted molar refractivity (Wildman–Crippen MR) is 66.1 cm³/mol. The number of Topliss-reactive ketones (excluding diaryl/α,β-unsaturated/α-hetero) is 1. The summed E-state index contributed by atoms with van der Waals surface area (Å²) in [4.78, 5) is 18.5. The lowest BCUT2D eigenvalue weighted by molar-refractivity contribution is 0.0194. The molecule has 0 radical (unpaired) electrons. The van der Waals surface area contributed by atoms with E-state index >= 15 is 0 Å². The van der Waals surface area contributed by atoms with Gasteiger partial charge >= 0.3 is 0 Å². The van der Waals surface area contributed by atoms with E-state index in [9.17, 15) is 15.0 Å². The molecule has 3 heterocycles. The van der Waals surface area contributed by atoms with Crippen LogP contribution in [0.25, 0.3) is 0 Å². The normalized spacial score (nSPS) is 33.7. The van der Waals surface area contributed by atoms with Gasteiger partial charge in [0, 0.05) is 11.8 Å². The number of H-pyrrole nitrogens is 1. The molecular formula is C12H15N3O4. The fourth-order valence-corrected chi connectivity index (χ4v) is 2.72. The molecule has 7 nitrogen and oxygen atoms in total. The zero-order valence-electron chi connectivity index (χ0n) is 10.1. The number of aliphatic hydroxyl groups is 3. The summed E-state index contributed by atoms with van der Waals surface area (Å²) in [5, 5.41) is 31.9. The molecule has 1 aromatic rings. The Labute approximate surface area is 109 Å². The van der Waals surface area contributed by atoms with E-state index < -0.39 is 24.3 Å². The maximum Gasteiger partial charge on any atom is 0.220 e. The molecule has 1 saturated heterocycles. The molecule has 102 valence electrons. The number of hydrogen-bond acceptors (Lipinski definition) is 6. The van der Waals surface area contributed by atoms with Gasteiger partial charge in [-0.3, -0.25) is 9.79 Å². The van der Waals surface area contributed by atoms with Crippen molar-refractivity contribution in [1.82, 2.24) is 10.3 Å². The van der Waals surface area contributed by atoms with Gasteiger partial charge in [0.15, 0.2) is 0 Å². The molecule has 2 aliphatic rings. The first kappa shape index (κ1) is 12.5. The number of ketones is 1. The number of carbonyl (C=O) groups excluding carboxylic acids is 1. The van der Waals surface area contributed by atoms with Gasteiger partial charge in [-0.05, 0) is 5.56 Å². The maximum atomic E-state index is 11.6. The molecular weight excluding hydrogens is 250 g/mol. The number of fused-ring (bicyclic) bond motifs is 1. The minimum absolute atomic E-state index is 0.195. The second-order valence-electron chi connectivity index (χ2n) is 4.85. The van der Waals surface area contributed by atoms with Crippen LogP contribution in [0.5, 0.6) is 0 Å². The van der Waals surface area contributed by atoms with E-state index in [0.717, 1.165) is 5.56 Å². The minimum Gasteiger partial charge on any atom is -0.395 e. The summed E-state index contributed by atoms with van der Waals surface area (Å²) in [6.07, 6.45) is 0.846. The Kier molecular flexibility index (Phi) is 2.98. The van der Waals surface area contributed by atoms with Crippen LogP contribution in [0.2, 0.25) is 0 Å². The average molecular weight is 265 g/mol. The molecule has 4 unspecified atom stereocenters. The van der Waals surface area contributed by atoms with E-state index in [2.05, 4.69) is 15.3 Å². The van der Waals surface area contributed by atoms with E-state index in [1.54, 1.807) is 6.20 Å². The molecule has 7 heteroatoms. The van der Waals surface area contributed by atoms with Crippen molar-refractivity contribution < 1.29 is 20.1 Å². The molecule has 19 heavy (non-hydrogen) atoms. The Bertz CT molecular complexity index is 539. The highest BCUT2D eigenvalue weighted by Crippen LogP contribution is 2.32. The van der Waals surface area contributed by atoms with Crippen molar-refractivity contribution in [2.45, 2.75) is 30.8 Å². The van der Waals surface area contributed by atoms with Crippen molar-refractivity contribution in [3.05, 3.63) is 23.0 Å². The van der Waals surface area contributed by atoms with Crippen molar-refractivity contribution in [3.8, 4) is 0 Å². The summed E-state index contributed by atoms with van der Waals surface area (Å²) in [7, 11) is 0. The van der Waals surface area contributed by atoms with Crippen molar-refractivity contribution >= 4 is 12.0 Å². The zero-order chi connectivity index (χ0) is 13.6. The number of nitrogens with one attached hydrogen (secondary N) is 2. The smallest absolute Gasteiger partial charge is 0.220 e. The number of aliphatic imine (C=N–C) groups is 1. The second-order valence-corrected chi connectivity index (χ2v) is 4.85. The van der Waals surface area contributed by atoms with Gasteiger partial charge in [-0.2, -0.15) is 0 Å². The lowest BCUT2D eigenvalue weighted by Gasteiger charge is -2.17. The number of aromatic amines is 1. The van der Waals surface area contributed by atoms with Gasteiger partial charge in [0.05, 0.1) is 43.2 Å². The van der Waals surface area contributed by atoms with Crippen LogP contribution in [0.1, 0.15) is 27.7 Å². The molecule has 3 rings (SSSR count). The number of nitrogens with zero attached hydrogens (tertiary/aromatic N) is 1. The Morgan fingerprint density at radius 2 is 2.16 bits per heavy atom. The number of rotatable bonds is 2. The molecule has 1 aromatic heterocycles. The third-order valence-electron chi connectivity index (χ3n) is 3.76. The van der Waals surface area contributed by atoms with E-state index in [1.807, 2.05) is 0 Å². The fourth-order valence-electron chi connectivity index (χ4n) is 2.72. The summed E-state index contributed by atoms with van der Waals surface area (Å²) in [6, 6.07) is -1.10. The number of aromatic nitrogens is 1. The molecule has 0 amide bonds. The van der Waals surface area contributed by atoms with Crippen molar-refractivity contribution in [3.63, 3.8) is 0 Å². The summed E-state index contributed by atoms with van der Waals surface area (Å²) in [5.41, 5.74) is 1.92. The van der Waals surface area contributed by atoms with E-state index in [-0.39, 0.29) is 12.4 Å². The van der Waals surface area contributed by atoms with Crippen LogP contribution in [0.3, 0.4) is 0 Å². The van der Waals surface area contributed by atoms with Gasteiger partial charge < -0.3 is 25.6 Å². The maximum absolute atomic E-state index is 11.6. The Morgan fingerprint density at radius 1 is 1.37 bits per heavy atom. The number of hydrogen-bond donors (Lipinski definition) is 5. The van der Waals surface area contributed by atoms with Gasteiger partial charge in [-0.15, -0.1) is 0 Å². The van der Waals surface area contributed by atoms with Crippen LogP contribution in [0, 0.1) is 0 Å². The number of aliphatic hydroxyl groups excluding tert-OH is 3. The SMILES string of the molecule is O=C1C=NCc2c(C3NC(CO)C(O)C3O)c[nH]c21. The third-order valence-corrected chi connectivity index (χ3v) is 3.76. The monoisotopic (exact) mass is 265 g/mol. The van der Waals surface area contributed by atoms with Crippen molar-refractivity contribution in [2.24, 2.45) is 4.99 Å². The summed E-state index contributed by atoms with van der Waals surface area (Å²) in [6.45, 7) is 0.100. The minimum atomic E-state index is -1.04. The summed E-state index contributed by atoms with van der Waals surface area (Å²) < 4.78 is 0. The average Bonchev–Trinajstić information content (AvgIpc) is 2.94. The standard InChI is InChI=1S/C12H15N3O4/c16-4-7-11(18)12(19)10(15-7)6-2-14-9-5(6)1-13-3-8(9)17/h2-3,7,10-12,14-16,18-19H,1,4H2. The lowest BCUT2D eigenvalue weighted by Crippen LogP contribution is -2.35. The van der Waals surface area contributed by atoms with Crippen LogP contribution < -0.4 is 5.32 Å². The Morgan fingerprint density at radius 3 is 2.84 bits per heavy atom. The van der Waals surface area contributed by atoms with E-state index in [1.165, 1.54) is 6.21 Å². The summed E-state index contributed by atoms with van der Waals surface area (Å²) in [5.74, 6) is -0.195. The molecule has 0 aromatic carbocycles. The van der Waals surface area contributed by atoms with E-state index in [4.69, 9.17) is 5.11 Å². The van der Waals surface area contributed by atoms with Crippen LogP contribution >= 0.6 is 0 Å². The fraction of sp³-hybridized carbons (Fsp3) is 0.500. The number of carbonyl (C=O) groups is 1. The van der Waals surface area contributed by atoms with Gasteiger partial charge in [-0.1, -0.05) is 0 Å². The molecule has 0 spiro atoms. The molecule has 4 atom stereocenters. The van der Waals surface area contributed by atoms with Crippen LogP contribution in [-0.4, -0.2) is 57.2 Å². The van der Waals surface area contributed by atoms with Gasteiger partial charge in [-0.25, -0.2) is 0 Å². The predicted octanol–water partition coefficient (Wildman–Crippen LogP) is -1.49. The van der Waals surface area contributed by atoms with Crippen LogP contribution in [0.15, 0.2) is 11.2 Å². The van der Waals surface area contributed by atoms with Gasteiger partial charge in [0.25, 0.3) is 0 Å². The first-order valence-electron chi connectivity index (χ1n) is 6.11. The molecule has 0 saturated carbocycles. The molecule has 2 aliphatic heterocycles. The van der Waals surface area contributed by atoms with Gasteiger partial charge in [0.1, 0.15) is 6.10 Å². The summed E-state index contributed by atoms with van der Waals surface area (Å²) >= 11 is 0. The molecule has 0 bridgehead atoms. The second kappa shape index (κ2) is 4.53. The third kappa shape index (κ3) is 1.82. The Balaban J connectivity index is 1.95. The lowest BCUT2D eigenvalue weighted by atomic mass is 9.97. The molecule has 1 fully saturated rings.